The lowest BCUT2D eigenvalue weighted by atomic mass is 9.92. The molecule has 1 aliphatic heterocycles. The van der Waals surface area contributed by atoms with Gasteiger partial charge in [-0.1, -0.05) is 19.0 Å². The van der Waals surface area contributed by atoms with Gasteiger partial charge < -0.3 is 14.3 Å². The van der Waals surface area contributed by atoms with Crippen molar-refractivity contribution in [3.05, 3.63) is 23.7 Å². The van der Waals surface area contributed by atoms with Crippen LogP contribution in [0.25, 0.3) is 11.3 Å². The third kappa shape index (κ3) is 4.03. The van der Waals surface area contributed by atoms with Gasteiger partial charge in [-0.15, -0.1) is 0 Å². The van der Waals surface area contributed by atoms with Gasteiger partial charge in [0.15, 0.2) is 5.76 Å². The lowest BCUT2D eigenvalue weighted by Gasteiger charge is -2.38. The average molecular weight is 386 g/mol. The summed E-state index contributed by atoms with van der Waals surface area (Å²) in [6.45, 7) is 6.84. The summed E-state index contributed by atoms with van der Waals surface area (Å²) in [5, 5.41) is 4.02. The number of carbonyl (C=O) groups excluding carboxylic acids is 1. The van der Waals surface area contributed by atoms with E-state index in [1.54, 1.807) is 6.20 Å². The van der Waals surface area contributed by atoms with E-state index in [1.165, 1.54) is 0 Å². The molecule has 0 radical (unpaired) electrons. The maximum absolute atomic E-state index is 13.3. The fraction of sp³-hybridized carbons (Fsp3) is 0.619. The van der Waals surface area contributed by atoms with Gasteiger partial charge in [0.05, 0.1) is 23.0 Å². The van der Waals surface area contributed by atoms with E-state index >= 15 is 0 Å². The first kappa shape index (κ1) is 20.3. The molecule has 1 saturated heterocycles. The number of nitrogens with zero attached hydrogens (tertiary/aromatic N) is 5. The monoisotopic (exact) mass is 385 g/mol. The van der Waals surface area contributed by atoms with Crippen molar-refractivity contribution in [2.45, 2.75) is 58.9 Å². The highest BCUT2D eigenvalue weighted by molar-refractivity contribution is 5.79. The van der Waals surface area contributed by atoms with Gasteiger partial charge in [0.1, 0.15) is 0 Å². The molecule has 1 aliphatic rings. The van der Waals surface area contributed by atoms with Gasteiger partial charge in [-0.3, -0.25) is 4.79 Å². The van der Waals surface area contributed by atoms with E-state index in [4.69, 9.17) is 9.51 Å². The maximum Gasteiger partial charge on any atom is 0.226 e. The van der Waals surface area contributed by atoms with Gasteiger partial charge >= 0.3 is 0 Å². The van der Waals surface area contributed by atoms with Gasteiger partial charge in [-0.05, 0) is 39.0 Å². The van der Waals surface area contributed by atoms with Crippen molar-refractivity contribution in [2.24, 2.45) is 5.92 Å². The molecule has 7 nitrogen and oxygen atoms in total. The van der Waals surface area contributed by atoms with Gasteiger partial charge in [0.2, 0.25) is 11.9 Å². The number of anilines is 1. The normalized spacial score (nSPS) is 17.2. The van der Waals surface area contributed by atoms with Crippen LogP contribution >= 0.6 is 0 Å². The molecule has 3 rings (SSSR count). The Kier molecular flexibility index (Phi) is 6.31. The number of likely N-dealkylation sites (tertiary alicyclic amines) is 1. The molecule has 28 heavy (non-hydrogen) atoms. The first-order valence-corrected chi connectivity index (χ1v) is 10.2. The molecule has 3 heterocycles. The molecule has 1 atom stereocenters. The summed E-state index contributed by atoms with van der Waals surface area (Å²) >= 11 is 0. The zero-order valence-electron chi connectivity index (χ0n) is 17.6. The second-order valence-electron chi connectivity index (χ2n) is 7.75. The van der Waals surface area contributed by atoms with Crippen LogP contribution in [0.1, 0.15) is 63.4 Å². The molecule has 0 N–H and O–H groups in total. The van der Waals surface area contributed by atoms with E-state index in [0.717, 1.165) is 55.6 Å². The Morgan fingerprint density at radius 2 is 2.07 bits per heavy atom. The van der Waals surface area contributed by atoms with Gasteiger partial charge in [-0.25, -0.2) is 9.97 Å². The lowest BCUT2D eigenvalue weighted by molar-refractivity contribution is -0.139. The number of piperidine rings is 1. The molecule has 0 bridgehead atoms. The van der Waals surface area contributed by atoms with Crippen LogP contribution in [0, 0.1) is 12.8 Å². The zero-order valence-corrected chi connectivity index (χ0v) is 17.6. The molecule has 1 fully saturated rings. The first-order valence-electron chi connectivity index (χ1n) is 10.2. The Hall–Kier alpha value is -2.44. The molecule has 0 saturated carbocycles. The van der Waals surface area contributed by atoms with Crippen LogP contribution in [0.3, 0.4) is 0 Å². The Bertz CT molecular complexity index is 813. The maximum atomic E-state index is 13.3. The van der Waals surface area contributed by atoms with Crippen LogP contribution in [0.4, 0.5) is 5.95 Å². The van der Waals surface area contributed by atoms with Crippen LogP contribution in [0.15, 0.2) is 16.8 Å². The predicted octanol–water partition coefficient (Wildman–Crippen LogP) is 4.00. The minimum atomic E-state index is -0.0658. The van der Waals surface area contributed by atoms with Crippen molar-refractivity contribution < 1.29 is 9.32 Å². The molecule has 2 aromatic heterocycles. The van der Waals surface area contributed by atoms with E-state index in [2.05, 4.69) is 24.0 Å². The fourth-order valence-corrected chi connectivity index (χ4v) is 3.89. The summed E-state index contributed by atoms with van der Waals surface area (Å²) in [5.41, 5.74) is 2.49. The SMILES string of the molecule is CCC(CC)C(=O)N1CCCC[C@@H]1c1nc(N(C)C)ncc1-c1cc(C)no1. The van der Waals surface area contributed by atoms with Crippen LogP contribution in [-0.2, 0) is 4.79 Å². The smallest absolute Gasteiger partial charge is 0.226 e. The van der Waals surface area contributed by atoms with Crippen molar-refractivity contribution in [2.75, 3.05) is 25.5 Å². The van der Waals surface area contributed by atoms with Gasteiger partial charge in [0, 0.05) is 38.8 Å². The summed E-state index contributed by atoms with van der Waals surface area (Å²) in [7, 11) is 3.84. The molecule has 152 valence electrons. The van der Waals surface area contributed by atoms with Crippen molar-refractivity contribution in [1.29, 1.82) is 0 Å². The highest BCUT2D eigenvalue weighted by atomic mass is 16.5. The topological polar surface area (TPSA) is 75.4 Å². The van der Waals surface area contributed by atoms with E-state index < -0.39 is 0 Å². The lowest BCUT2D eigenvalue weighted by Crippen LogP contribution is -2.42. The zero-order chi connectivity index (χ0) is 20.3. The van der Waals surface area contributed by atoms with Crippen molar-refractivity contribution in [1.82, 2.24) is 20.0 Å². The molecule has 0 spiro atoms. The largest absolute Gasteiger partial charge is 0.356 e. The summed E-state index contributed by atoms with van der Waals surface area (Å²) in [4.78, 5) is 26.5. The second kappa shape index (κ2) is 8.71. The number of carbonyl (C=O) groups is 1. The van der Waals surface area contributed by atoms with Gasteiger partial charge in [-0.2, -0.15) is 0 Å². The number of amides is 1. The van der Waals surface area contributed by atoms with Crippen LogP contribution in [-0.4, -0.2) is 46.6 Å². The fourth-order valence-electron chi connectivity index (χ4n) is 3.89. The number of aromatic nitrogens is 3. The first-order chi connectivity index (χ1) is 13.5. The third-order valence-electron chi connectivity index (χ3n) is 5.54. The molecule has 0 aromatic carbocycles. The highest BCUT2D eigenvalue weighted by Gasteiger charge is 2.34. The molecule has 2 aromatic rings. The van der Waals surface area contributed by atoms with E-state index in [1.807, 2.05) is 36.9 Å². The van der Waals surface area contributed by atoms with E-state index in [0.29, 0.717) is 11.7 Å². The minimum Gasteiger partial charge on any atom is -0.356 e. The van der Waals surface area contributed by atoms with Gasteiger partial charge in [0.25, 0.3) is 0 Å². The predicted molar refractivity (Wildman–Crippen MR) is 109 cm³/mol. The second-order valence-corrected chi connectivity index (χ2v) is 7.75. The average Bonchev–Trinajstić information content (AvgIpc) is 3.14. The Labute approximate surface area is 167 Å². The van der Waals surface area contributed by atoms with Crippen molar-refractivity contribution in [3.8, 4) is 11.3 Å². The Balaban J connectivity index is 2.07. The number of hydrogen-bond acceptors (Lipinski definition) is 6. The number of hydrogen-bond donors (Lipinski definition) is 0. The number of rotatable bonds is 6. The Morgan fingerprint density at radius 3 is 2.68 bits per heavy atom. The summed E-state index contributed by atoms with van der Waals surface area (Å²) < 4.78 is 5.52. The third-order valence-corrected chi connectivity index (χ3v) is 5.54. The van der Waals surface area contributed by atoms with Crippen molar-refractivity contribution >= 4 is 11.9 Å². The molecular formula is C21H31N5O2. The van der Waals surface area contributed by atoms with E-state index in [-0.39, 0.29) is 17.9 Å². The molecule has 7 heteroatoms. The van der Waals surface area contributed by atoms with Crippen LogP contribution < -0.4 is 4.90 Å². The van der Waals surface area contributed by atoms with Crippen LogP contribution in [0.2, 0.25) is 0 Å². The Morgan fingerprint density at radius 1 is 1.32 bits per heavy atom. The van der Waals surface area contributed by atoms with Crippen LogP contribution in [0.5, 0.6) is 0 Å². The number of aryl methyl sites for hydroxylation is 1. The minimum absolute atomic E-state index is 0.0618. The quantitative estimate of drug-likeness (QED) is 0.748. The summed E-state index contributed by atoms with van der Waals surface area (Å²) in [6.07, 6.45) is 6.53. The molecule has 0 unspecified atom stereocenters. The molecular weight excluding hydrogens is 354 g/mol. The molecule has 1 amide bonds. The summed E-state index contributed by atoms with van der Waals surface area (Å²) in [6, 6.07) is 1.83. The van der Waals surface area contributed by atoms with Crippen molar-refractivity contribution in [3.63, 3.8) is 0 Å². The van der Waals surface area contributed by atoms with E-state index in [9.17, 15) is 4.79 Å². The molecule has 0 aliphatic carbocycles. The summed E-state index contributed by atoms with van der Waals surface area (Å²) in [5.74, 6) is 1.58. The standard InChI is InChI=1S/C21H31N5O2/c1-6-15(7-2)20(27)26-11-9-8-10-17(26)19-16(18-12-14(3)24-28-18)13-22-21(23-19)25(4)5/h12-13,15,17H,6-11H2,1-5H3/t17-/m1/s1. The highest BCUT2D eigenvalue weighted by Crippen LogP contribution is 2.37.